The van der Waals surface area contributed by atoms with Gasteiger partial charge in [-0.15, -0.1) is 0 Å². The fraction of sp³-hybridized carbons (Fsp3) is 0.700. The first-order valence-electron chi connectivity index (χ1n) is 5.45. The Kier molecular flexibility index (Phi) is 4.79. The van der Waals surface area contributed by atoms with Crippen LogP contribution in [0.25, 0.3) is 0 Å². The summed E-state index contributed by atoms with van der Waals surface area (Å²) in [6.45, 7) is 3.64. The summed E-state index contributed by atoms with van der Waals surface area (Å²) in [5, 5.41) is 3.19. The molecule has 1 aromatic rings. The molecule has 1 N–H and O–H groups in total. The first kappa shape index (κ1) is 13.0. The third kappa shape index (κ3) is 4.65. The van der Waals surface area contributed by atoms with Crippen LogP contribution in [-0.2, 0) is 16.4 Å². The third-order valence-corrected chi connectivity index (χ3v) is 3.19. The van der Waals surface area contributed by atoms with E-state index in [0.29, 0.717) is 13.0 Å². The maximum absolute atomic E-state index is 11.0. The molecule has 0 aliphatic rings. The molecule has 0 amide bonds. The zero-order chi connectivity index (χ0) is 12.0. The highest BCUT2D eigenvalue weighted by molar-refractivity contribution is 7.90. The lowest BCUT2D eigenvalue weighted by Gasteiger charge is -2.08. The fourth-order valence-corrected chi connectivity index (χ4v) is 2.04. The Bertz CT molecular complexity index is 411. The van der Waals surface area contributed by atoms with Gasteiger partial charge in [-0.3, -0.25) is 0 Å². The molecule has 5 nitrogen and oxygen atoms in total. The average molecular weight is 245 g/mol. The molecule has 1 rings (SSSR count). The normalized spacial score (nSPS) is 11.6. The standard InChI is InChI=1S/C10H19N3O2S/c1-3-5-11-10-12-6-8-13(10)7-4-9-16(2,14)15/h6,8H,3-5,7,9H2,1-2H3,(H,11,12). The molecule has 0 fully saturated rings. The van der Waals surface area contributed by atoms with Crippen LogP contribution in [0.15, 0.2) is 12.4 Å². The average Bonchev–Trinajstić information content (AvgIpc) is 2.60. The van der Waals surface area contributed by atoms with E-state index < -0.39 is 9.84 Å². The van der Waals surface area contributed by atoms with Crippen molar-refractivity contribution in [2.24, 2.45) is 0 Å². The summed E-state index contributed by atoms with van der Waals surface area (Å²) < 4.78 is 23.9. The van der Waals surface area contributed by atoms with Gasteiger partial charge >= 0.3 is 0 Å². The number of anilines is 1. The van der Waals surface area contributed by atoms with Gasteiger partial charge < -0.3 is 9.88 Å². The number of aromatic nitrogens is 2. The summed E-state index contributed by atoms with van der Waals surface area (Å²) in [6, 6.07) is 0. The van der Waals surface area contributed by atoms with Crippen LogP contribution in [-0.4, -0.2) is 36.5 Å². The molecule has 0 saturated carbocycles. The summed E-state index contributed by atoms with van der Waals surface area (Å²) in [5.74, 6) is 1.04. The summed E-state index contributed by atoms with van der Waals surface area (Å²) in [7, 11) is -2.86. The Hall–Kier alpha value is -1.04. The van der Waals surface area contributed by atoms with E-state index in [2.05, 4.69) is 17.2 Å². The second-order valence-electron chi connectivity index (χ2n) is 3.85. The number of aryl methyl sites for hydroxylation is 1. The van der Waals surface area contributed by atoms with Crippen molar-refractivity contribution in [1.82, 2.24) is 9.55 Å². The van der Waals surface area contributed by atoms with E-state index in [-0.39, 0.29) is 5.75 Å². The highest BCUT2D eigenvalue weighted by atomic mass is 32.2. The van der Waals surface area contributed by atoms with Gasteiger partial charge in [-0.2, -0.15) is 0 Å². The zero-order valence-corrected chi connectivity index (χ0v) is 10.6. The number of hydrogen-bond acceptors (Lipinski definition) is 4. The molecule has 6 heteroatoms. The van der Waals surface area contributed by atoms with Crippen molar-refractivity contribution in [3.8, 4) is 0 Å². The van der Waals surface area contributed by atoms with Gasteiger partial charge in [-0.05, 0) is 12.8 Å². The summed E-state index contributed by atoms with van der Waals surface area (Å²) in [5.41, 5.74) is 0. The lowest BCUT2D eigenvalue weighted by atomic mass is 10.4. The highest BCUT2D eigenvalue weighted by Gasteiger charge is 2.04. The van der Waals surface area contributed by atoms with Crippen molar-refractivity contribution >= 4 is 15.8 Å². The number of nitrogens with one attached hydrogen (secondary N) is 1. The van der Waals surface area contributed by atoms with Crippen LogP contribution in [0.4, 0.5) is 5.95 Å². The maximum atomic E-state index is 11.0. The molecule has 0 bridgehead atoms. The third-order valence-electron chi connectivity index (χ3n) is 2.16. The van der Waals surface area contributed by atoms with Gasteiger partial charge in [0.2, 0.25) is 5.95 Å². The van der Waals surface area contributed by atoms with E-state index in [4.69, 9.17) is 0 Å². The van der Waals surface area contributed by atoms with E-state index in [1.807, 2.05) is 10.8 Å². The minimum absolute atomic E-state index is 0.221. The Morgan fingerprint density at radius 1 is 1.50 bits per heavy atom. The fourth-order valence-electron chi connectivity index (χ4n) is 1.39. The molecule has 92 valence electrons. The van der Waals surface area contributed by atoms with Crippen LogP contribution in [0.3, 0.4) is 0 Å². The molecule has 16 heavy (non-hydrogen) atoms. The minimum Gasteiger partial charge on any atom is -0.356 e. The minimum atomic E-state index is -2.86. The van der Waals surface area contributed by atoms with E-state index in [9.17, 15) is 8.42 Å². The van der Waals surface area contributed by atoms with Crippen LogP contribution in [0.1, 0.15) is 19.8 Å². The van der Waals surface area contributed by atoms with Gasteiger partial charge in [-0.1, -0.05) is 6.92 Å². The SMILES string of the molecule is CCCNc1nccn1CCCS(C)(=O)=O. The lowest BCUT2D eigenvalue weighted by Crippen LogP contribution is -2.11. The molecule has 0 aliphatic carbocycles. The predicted molar refractivity (Wildman–Crippen MR) is 65.3 cm³/mol. The number of imidazole rings is 1. The van der Waals surface area contributed by atoms with Crippen LogP contribution in [0, 0.1) is 0 Å². The van der Waals surface area contributed by atoms with Crippen molar-refractivity contribution in [3.63, 3.8) is 0 Å². The first-order valence-corrected chi connectivity index (χ1v) is 7.51. The molecule has 0 saturated heterocycles. The number of rotatable bonds is 7. The molecule has 0 spiro atoms. The molecule has 0 atom stereocenters. The monoisotopic (exact) mass is 245 g/mol. The molecule has 0 aliphatic heterocycles. The largest absolute Gasteiger partial charge is 0.356 e. The molecule has 0 unspecified atom stereocenters. The first-order chi connectivity index (χ1) is 7.53. The summed E-state index contributed by atoms with van der Waals surface area (Å²) in [6.07, 6.45) is 6.50. The molecule has 0 aromatic carbocycles. The Morgan fingerprint density at radius 2 is 2.25 bits per heavy atom. The Balaban J connectivity index is 2.44. The van der Waals surface area contributed by atoms with Crippen LogP contribution >= 0.6 is 0 Å². The van der Waals surface area contributed by atoms with E-state index >= 15 is 0 Å². The van der Waals surface area contributed by atoms with E-state index in [0.717, 1.165) is 18.9 Å². The number of sulfone groups is 1. The highest BCUT2D eigenvalue weighted by Crippen LogP contribution is 2.05. The molecule has 1 aromatic heterocycles. The smallest absolute Gasteiger partial charge is 0.202 e. The van der Waals surface area contributed by atoms with Crippen molar-refractivity contribution in [2.75, 3.05) is 23.9 Å². The molecular weight excluding hydrogens is 226 g/mol. The molecule has 1 heterocycles. The van der Waals surface area contributed by atoms with Crippen LogP contribution < -0.4 is 5.32 Å². The van der Waals surface area contributed by atoms with E-state index in [1.54, 1.807) is 6.20 Å². The van der Waals surface area contributed by atoms with Crippen LogP contribution in [0.2, 0.25) is 0 Å². The maximum Gasteiger partial charge on any atom is 0.202 e. The predicted octanol–water partition coefficient (Wildman–Crippen LogP) is 1.14. The molecular formula is C10H19N3O2S. The van der Waals surface area contributed by atoms with Gasteiger partial charge in [0.15, 0.2) is 0 Å². The second-order valence-corrected chi connectivity index (χ2v) is 6.11. The van der Waals surface area contributed by atoms with Gasteiger partial charge in [0.05, 0.1) is 5.75 Å². The van der Waals surface area contributed by atoms with Crippen molar-refractivity contribution < 1.29 is 8.42 Å². The van der Waals surface area contributed by atoms with Gasteiger partial charge in [0.1, 0.15) is 9.84 Å². The van der Waals surface area contributed by atoms with Crippen molar-refractivity contribution in [3.05, 3.63) is 12.4 Å². The lowest BCUT2D eigenvalue weighted by molar-refractivity contribution is 0.592. The van der Waals surface area contributed by atoms with E-state index in [1.165, 1.54) is 6.26 Å². The summed E-state index contributed by atoms with van der Waals surface area (Å²) in [4.78, 5) is 4.17. The Labute approximate surface area is 96.8 Å². The number of nitrogens with zero attached hydrogens (tertiary/aromatic N) is 2. The zero-order valence-electron chi connectivity index (χ0n) is 9.81. The van der Waals surface area contributed by atoms with Gasteiger partial charge in [0.25, 0.3) is 0 Å². The summed E-state index contributed by atoms with van der Waals surface area (Å²) >= 11 is 0. The van der Waals surface area contributed by atoms with Gasteiger partial charge in [0, 0.05) is 31.7 Å². The Morgan fingerprint density at radius 3 is 2.88 bits per heavy atom. The van der Waals surface area contributed by atoms with Crippen molar-refractivity contribution in [2.45, 2.75) is 26.3 Å². The number of hydrogen-bond donors (Lipinski definition) is 1. The second kappa shape index (κ2) is 5.89. The van der Waals surface area contributed by atoms with Gasteiger partial charge in [-0.25, -0.2) is 13.4 Å². The molecule has 0 radical (unpaired) electrons. The topological polar surface area (TPSA) is 64.0 Å². The quantitative estimate of drug-likeness (QED) is 0.782. The van der Waals surface area contributed by atoms with Crippen molar-refractivity contribution in [1.29, 1.82) is 0 Å². The van der Waals surface area contributed by atoms with Crippen LogP contribution in [0.5, 0.6) is 0 Å².